The molecule has 1 aromatic carbocycles. The molecule has 1 heterocycles. The maximum absolute atomic E-state index is 13.7. The highest BCUT2D eigenvalue weighted by atomic mass is 19.4. The second kappa shape index (κ2) is 12.5. The lowest BCUT2D eigenvalue weighted by atomic mass is 9.80. The molecule has 41 heavy (non-hydrogen) atoms. The van der Waals surface area contributed by atoms with E-state index in [2.05, 4.69) is 0 Å². The Balaban J connectivity index is 2.13. The predicted molar refractivity (Wildman–Crippen MR) is 137 cm³/mol. The molecule has 0 saturated heterocycles. The fourth-order valence-electron chi connectivity index (χ4n) is 5.05. The Morgan fingerprint density at radius 2 is 1.66 bits per heavy atom. The summed E-state index contributed by atoms with van der Waals surface area (Å²) >= 11 is 0. The van der Waals surface area contributed by atoms with E-state index >= 15 is 0 Å². The topological polar surface area (TPSA) is 74.3 Å². The molecule has 1 aliphatic heterocycles. The van der Waals surface area contributed by atoms with Crippen LogP contribution < -0.4 is 14.4 Å². The first kappa shape index (κ1) is 31.9. The average Bonchev–Trinajstić information content (AvgIpc) is 3.10. The van der Waals surface area contributed by atoms with Gasteiger partial charge in [0.25, 0.3) is 0 Å². The van der Waals surface area contributed by atoms with Crippen molar-refractivity contribution in [3.05, 3.63) is 52.6 Å². The minimum Gasteiger partial charge on any atom is -0.493 e. The molecule has 3 atom stereocenters. The zero-order valence-electron chi connectivity index (χ0n) is 23.1. The number of hydrogen-bond donors (Lipinski definition) is 0. The van der Waals surface area contributed by atoms with Gasteiger partial charge in [-0.1, -0.05) is 6.08 Å². The first-order valence-corrected chi connectivity index (χ1v) is 12.7. The van der Waals surface area contributed by atoms with Crippen LogP contribution in [0.3, 0.4) is 0 Å². The van der Waals surface area contributed by atoms with Crippen molar-refractivity contribution in [1.82, 2.24) is 0 Å². The predicted octanol–water partition coefficient (Wildman–Crippen LogP) is 7.17. The Kier molecular flexibility index (Phi) is 9.70. The van der Waals surface area contributed by atoms with Crippen molar-refractivity contribution >= 4 is 17.7 Å². The maximum atomic E-state index is 13.7. The third-order valence-corrected chi connectivity index (χ3v) is 6.84. The summed E-state index contributed by atoms with van der Waals surface area (Å²) < 4.78 is 103. The van der Waals surface area contributed by atoms with Gasteiger partial charge in [-0.05, 0) is 56.0 Å². The van der Waals surface area contributed by atoms with Crippen LogP contribution in [0, 0.1) is 0 Å². The van der Waals surface area contributed by atoms with Gasteiger partial charge >= 0.3 is 24.4 Å². The number of hydrogen-bond acceptors (Lipinski definition) is 6. The molecule has 0 fully saturated rings. The van der Waals surface area contributed by atoms with Crippen molar-refractivity contribution in [2.24, 2.45) is 0 Å². The van der Waals surface area contributed by atoms with Crippen LogP contribution >= 0.6 is 0 Å². The summed E-state index contributed by atoms with van der Waals surface area (Å²) in [6, 6.07) is 2.60. The van der Waals surface area contributed by atoms with Crippen molar-refractivity contribution in [2.75, 3.05) is 25.7 Å². The summed E-state index contributed by atoms with van der Waals surface area (Å²) in [5.41, 5.74) is -2.08. The molecule has 7 nitrogen and oxygen atoms in total. The Morgan fingerprint density at radius 1 is 1.02 bits per heavy atom. The van der Waals surface area contributed by atoms with E-state index < -0.39 is 60.0 Å². The quantitative estimate of drug-likeness (QED) is 0.247. The average molecular weight is 592 g/mol. The Hall–Kier alpha value is -3.64. The van der Waals surface area contributed by atoms with Crippen LogP contribution in [-0.4, -0.2) is 57.4 Å². The van der Waals surface area contributed by atoms with Crippen molar-refractivity contribution in [2.45, 2.75) is 70.4 Å². The summed E-state index contributed by atoms with van der Waals surface area (Å²) in [7, 11) is 2.79. The molecule has 226 valence electrons. The molecule has 0 aromatic heterocycles. The summed E-state index contributed by atoms with van der Waals surface area (Å²) in [5, 5.41) is 0. The van der Waals surface area contributed by atoms with Crippen molar-refractivity contribution in [1.29, 1.82) is 0 Å². The molecule has 1 aromatic rings. The number of anilines is 1. The first-order chi connectivity index (χ1) is 19.1. The Labute approximate surface area is 233 Å². The van der Waals surface area contributed by atoms with E-state index in [1.807, 2.05) is 0 Å². The summed E-state index contributed by atoms with van der Waals surface area (Å²) in [6.45, 7) is 4.59. The van der Waals surface area contributed by atoms with E-state index in [1.54, 1.807) is 26.0 Å². The SMILES string of the molecule is CCOC(=O)N1c2cc(OC)c(OC)cc2C(C(CC2=CCC(C(F)(F)F)=CC(C(F)(F)F)=C2)OC(C)=O)CC1C. The van der Waals surface area contributed by atoms with Crippen LogP contribution in [0.1, 0.15) is 51.5 Å². The number of halogens is 6. The molecule has 2 aliphatic rings. The number of carbonyl (C=O) groups is 2. The minimum absolute atomic E-state index is 0.0819. The number of alkyl halides is 6. The molecule has 0 saturated carbocycles. The normalized spacial score (nSPS) is 20.1. The number of methoxy groups -OCH3 is 2. The largest absolute Gasteiger partial charge is 0.493 e. The van der Waals surface area contributed by atoms with E-state index in [9.17, 15) is 35.9 Å². The van der Waals surface area contributed by atoms with E-state index in [4.69, 9.17) is 18.9 Å². The van der Waals surface area contributed by atoms with Gasteiger partial charge in [0.05, 0.1) is 32.1 Å². The number of benzene rings is 1. The van der Waals surface area contributed by atoms with E-state index in [0.717, 1.165) is 13.0 Å². The van der Waals surface area contributed by atoms with Gasteiger partial charge in [-0.15, -0.1) is 0 Å². The van der Waals surface area contributed by atoms with Crippen LogP contribution in [-0.2, 0) is 14.3 Å². The molecular weight excluding hydrogens is 560 g/mol. The van der Waals surface area contributed by atoms with E-state index in [-0.39, 0.29) is 42.6 Å². The van der Waals surface area contributed by atoms with Gasteiger partial charge in [0.1, 0.15) is 6.10 Å². The minimum atomic E-state index is -5.05. The lowest BCUT2D eigenvalue weighted by Gasteiger charge is -2.41. The molecule has 13 heteroatoms. The summed E-state index contributed by atoms with van der Waals surface area (Å²) in [6.07, 6.45) is -10.9. The molecular formula is C28H31F6NO6. The van der Waals surface area contributed by atoms with Gasteiger partial charge in [0.2, 0.25) is 0 Å². The molecule has 0 radical (unpaired) electrons. The van der Waals surface area contributed by atoms with Crippen molar-refractivity contribution < 1.29 is 54.9 Å². The molecule has 0 bridgehead atoms. The number of fused-ring (bicyclic) bond motifs is 1. The first-order valence-electron chi connectivity index (χ1n) is 12.7. The van der Waals surface area contributed by atoms with Crippen molar-refractivity contribution in [3.63, 3.8) is 0 Å². The standard InChI is InChI=1S/C28H31F6NO6/c1-6-40-26(37)35-15(2)9-21(20-13-24(38-4)25(39-5)14-22(20)35)23(41-16(3)36)11-17-7-8-18(27(29,30)31)12-19(10-17)28(32,33)34/h7,10,12-15,21,23H,6,8-9,11H2,1-5H3. The van der Waals surface area contributed by atoms with E-state index in [0.29, 0.717) is 17.3 Å². The number of ether oxygens (including phenoxy) is 4. The summed E-state index contributed by atoms with van der Waals surface area (Å²) in [5.74, 6) is -0.854. The lowest BCUT2D eigenvalue weighted by Crippen LogP contribution is -2.45. The fourth-order valence-corrected chi connectivity index (χ4v) is 5.05. The van der Waals surface area contributed by atoms with Gasteiger partial charge in [-0.2, -0.15) is 26.3 Å². The van der Waals surface area contributed by atoms with Gasteiger partial charge < -0.3 is 18.9 Å². The highest BCUT2D eigenvalue weighted by Gasteiger charge is 2.42. The summed E-state index contributed by atoms with van der Waals surface area (Å²) in [4.78, 5) is 26.5. The van der Waals surface area contributed by atoms with Crippen LogP contribution in [0.5, 0.6) is 11.5 Å². The number of amides is 1. The highest BCUT2D eigenvalue weighted by molar-refractivity contribution is 5.91. The smallest absolute Gasteiger partial charge is 0.416 e. The van der Waals surface area contributed by atoms with E-state index in [1.165, 1.54) is 19.1 Å². The van der Waals surface area contributed by atoms with Crippen molar-refractivity contribution in [3.8, 4) is 11.5 Å². The fraction of sp³-hybridized carbons (Fsp3) is 0.500. The van der Waals surface area contributed by atoms with Gasteiger partial charge in [-0.25, -0.2) is 4.79 Å². The zero-order valence-corrected chi connectivity index (χ0v) is 23.1. The Bertz CT molecular complexity index is 1250. The van der Waals surface area contributed by atoms with Gasteiger partial charge in [0.15, 0.2) is 11.5 Å². The second-order valence-electron chi connectivity index (χ2n) is 9.63. The molecule has 1 aliphatic carbocycles. The number of nitrogens with zero attached hydrogens (tertiary/aromatic N) is 1. The van der Waals surface area contributed by atoms with Gasteiger partial charge in [0, 0.05) is 36.9 Å². The zero-order chi connectivity index (χ0) is 30.7. The van der Waals surface area contributed by atoms with Crippen LogP contribution in [0.2, 0.25) is 0 Å². The number of rotatable bonds is 7. The second-order valence-corrected chi connectivity index (χ2v) is 9.63. The monoisotopic (exact) mass is 591 g/mol. The number of allylic oxidation sites excluding steroid dienone is 5. The maximum Gasteiger partial charge on any atom is 0.416 e. The third-order valence-electron chi connectivity index (χ3n) is 6.84. The van der Waals surface area contributed by atoms with Crippen LogP contribution in [0.25, 0.3) is 0 Å². The highest BCUT2D eigenvalue weighted by Crippen LogP contribution is 2.48. The Morgan fingerprint density at radius 3 is 2.20 bits per heavy atom. The van der Waals surface area contributed by atoms with Crippen LogP contribution in [0.15, 0.2) is 47.1 Å². The van der Waals surface area contributed by atoms with Gasteiger partial charge in [-0.3, -0.25) is 9.69 Å². The molecule has 0 spiro atoms. The van der Waals surface area contributed by atoms with Crippen LogP contribution in [0.4, 0.5) is 36.8 Å². The molecule has 3 rings (SSSR count). The molecule has 1 amide bonds. The molecule has 3 unspecified atom stereocenters. The number of esters is 1. The lowest BCUT2D eigenvalue weighted by molar-refractivity contribution is -0.147. The third kappa shape index (κ3) is 7.36. The number of carbonyl (C=O) groups excluding carboxylic acids is 2. The molecule has 0 N–H and O–H groups in total.